The molecule has 7 aliphatic rings. The van der Waals surface area contributed by atoms with Crippen LogP contribution in [0, 0.1) is 52.3 Å². The number of carbonyl (C=O) groups is 2. The molecule has 2 aliphatic heterocycles. The van der Waals surface area contributed by atoms with Gasteiger partial charge in [0.25, 0.3) is 0 Å². The van der Waals surface area contributed by atoms with Crippen LogP contribution in [0.5, 0.6) is 0 Å². The zero-order chi connectivity index (χ0) is 36.7. The van der Waals surface area contributed by atoms with E-state index in [0.29, 0.717) is 66.8 Å². The summed E-state index contributed by atoms with van der Waals surface area (Å²) in [5, 5.41) is 25.1. The number of nitrogens with one attached hydrogen (secondary N) is 2. The molecule has 0 aromatic heterocycles. The fourth-order valence-corrected chi connectivity index (χ4v) is 13.6. The average molecular weight is 729 g/mol. The van der Waals surface area contributed by atoms with Gasteiger partial charge in [-0.1, -0.05) is 47.0 Å². The Balaban J connectivity index is 0.947. The Morgan fingerprint density at radius 2 is 1.58 bits per heavy atom. The lowest BCUT2D eigenvalue weighted by Crippen LogP contribution is -2.57. The Morgan fingerprint density at radius 3 is 2.29 bits per heavy atom. The highest BCUT2D eigenvalue weighted by atomic mass is 16.7. The summed E-state index contributed by atoms with van der Waals surface area (Å²) < 4.78 is 13.6. The van der Waals surface area contributed by atoms with Gasteiger partial charge in [-0.05, 0) is 117 Å². The highest BCUT2D eigenvalue weighted by Gasteiger charge is 2.69. The predicted octanol–water partition coefficient (Wildman–Crippen LogP) is 5.55. The number of urea groups is 1. The van der Waals surface area contributed by atoms with E-state index in [-0.39, 0.29) is 49.6 Å². The number of hydrogen-bond acceptors (Lipinski definition) is 7. The highest BCUT2D eigenvalue weighted by molar-refractivity contribution is 5.78. The summed E-state index contributed by atoms with van der Waals surface area (Å²) in [6.45, 7) is 12.5. The van der Waals surface area contributed by atoms with Gasteiger partial charge < -0.3 is 35.2 Å². The molecule has 52 heavy (non-hydrogen) atoms. The minimum Gasteiger partial charge on any atom is -0.395 e. The molecule has 7 rings (SSSR count). The van der Waals surface area contributed by atoms with Crippen LogP contribution in [0.25, 0.3) is 0 Å². The zero-order valence-electron chi connectivity index (χ0n) is 33.0. The first-order chi connectivity index (χ1) is 25.0. The summed E-state index contributed by atoms with van der Waals surface area (Å²) in [5.74, 6) is 4.17. The lowest BCUT2D eigenvalue weighted by atomic mass is 9.44. The quantitative estimate of drug-likeness (QED) is 0.220. The number of aliphatic hydroxyl groups is 2. The Labute approximate surface area is 313 Å². The molecule has 5 saturated carbocycles. The SMILES string of the molecule is C[C@H]1CC[C@@]2(OC1)O[C@H]1C[C@H]3[C@@H]4CC[C@@H]5C[C@H](NC(=O)N(CCNC(=O)CN(CCO)CCO)C6CCCCC6)CC[C@]5(C)[C@H]4CC[C@]3(C)[C@H]1[C@@H]2C. The van der Waals surface area contributed by atoms with E-state index < -0.39 is 0 Å². The van der Waals surface area contributed by atoms with Crippen molar-refractivity contribution in [2.75, 3.05) is 52.5 Å². The molecule has 296 valence electrons. The summed E-state index contributed by atoms with van der Waals surface area (Å²) in [6.07, 6.45) is 18.0. The Morgan fingerprint density at radius 1 is 0.827 bits per heavy atom. The van der Waals surface area contributed by atoms with Gasteiger partial charge >= 0.3 is 6.03 Å². The smallest absolute Gasteiger partial charge is 0.317 e. The standard InChI is InChI=1S/C42H72N4O6/c1-28-12-17-42(51-27-28)29(2)38-36(52-42)25-35-33-11-10-30-24-31(13-15-40(30,3)34(33)14-16-41(35,38)4)44-39(50)46(32-8-6-5-7-9-32)19-18-43-37(49)26-45(20-22-47)21-23-48/h28-36,38,47-48H,5-27H2,1-4H3,(H,43,49)(H,44,50)/t28-,29-,30+,31+,33+,34-,35-,36-,38-,40-,41-,42+/m0/s1. The van der Waals surface area contributed by atoms with E-state index in [1.807, 2.05) is 4.90 Å². The van der Waals surface area contributed by atoms with E-state index in [2.05, 4.69) is 38.3 Å². The first-order valence-electron chi connectivity index (χ1n) is 21.6. The van der Waals surface area contributed by atoms with Crippen LogP contribution in [0.4, 0.5) is 4.79 Å². The summed E-state index contributed by atoms with van der Waals surface area (Å²) in [6, 6.07) is 0.462. The molecular formula is C42H72N4O6. The van der Waals surface area contributed by atoms with Crippen molar-refractivity contribution in [3.63, 3.8) is 0 Å². The number of nitrogens with zero attached hydrogens (tertiary/aromatic N) is 2. The minimum absolute atomic E-state index is 0.0415. The molecule has 10 nitrogen and oxygen atoms in total. The molecule has 1 spiro atoms. The fourth-order valence-electron chi connectivity index (χ4n) is 13.6. The summed E-state index contributed by atoms with van der Waals surface area (Å²) in [4.78, 5) is 30.5. The largest absolute Gasteiger partial charge is 0.395 e. The lowest BCUT2D eigenvalue weighted by molar-refractivity contribution is -0.273. The van der Waals surface area contributed by atoms with Crippen LogP contribution in [0.1, 0.15) is 124 Å². The van der Waals surface area contributed by atoms with Crippen molar-refractivity contribution in [3.8, 4) is 0 Å². The molecule has 0 unspecified atom stereocenters. The zero-order valence-corrected chi connectivity index (χ0v) is 33.0. The maximum atomic E-state index is 14.0. The van der Waals surface area contributed by atoms with Crippen LogP contribution in [-0.2, 0) is 14.3 Å². The Hall–Kier alpha value is -1.46. The number of rotatable bonds is 11. The summed E-state index contributed by atoms with van der Waals surface area (Å²) in [5.41, 5.74) is 0.683. The number of amides is 3. The summed E-state index contributed by atoms with van der Waals surface area (Å²) in [7, 11) is 0. The van der Waals surface area contributed by atoms with E-state index >= 15 is 0 Å². The fraction of sp³-hybridized carbons (Fsp3) is 0.952. The van der Waals surface area contributed by atoms with Gasteiger partial charge in [-0.2, -0.15) is 0 Å². The number of fused-ring (bicyclic) bond motifs is 7. The van der Waals surface area contributed by atoms with Crippen molar-refractivity contribution < 1.29 is 29.3 Å². The van der Waals surface area contributed by atoms with Crippen molar-refractivity contribution >= 4 is 11.9 Å². The van der Waals surface area contributed by atoms with Crippen molar-refractivity contribution in [1.82, 2.24) is 20.4 Å². The van der Waals surface area contributed by atoms with Crippen LogP contribution >= 0.6 is 0 Å². The number of ether oxygens (including phenoxy) is 2. The predicted molar refractivity (Wildman–Crippen MR) is 201 cm³/mol. The van der Waals surface area contributed by atoms with E-state index in [4.69, 9.17) is 9.47 Å². The van der Waals surface area contributed by atoms with Crippen LogP contribution in [0.15, 0.2) is 0 Å². The molecule has 2 saturated heterocycles. The van der Waals surface area contributed by atoms with Gasteiger partial charge in [0, 0.05) is 50.6 Å². The molecule has 5 aliphatic carbocycles. The topological polar surface area (TPSA) is 124 Å². The monoisotopic (exact) mass is 729 g/mol. The molecule has 0 aromatic carbocycles. The lowest BCUT2D eigenvalue weighted by Gasteiger charge is -2.61. The average Bonchev–Trinajstić information content (AvgIpc) is 3.57. The van der Waals surface area contributed by atoms with Gasteiger partial charge in [0.05, 0.1) is 32.5 Å². The van der Waals surface area contributed by atoms with Gasteiger partial charge in [0.2, 0.25) is 5.91 Å². The van der Waals surface area contributed by atoms with Crippen molar-refractivity contribution in [2.24, 2.45) is 52.3 Å². The second-order valence-electron chi connectivity index (χ2n) is 19.2. The normalized spacial score (nSPS) is 43.0. The Kier molecular flexibility index (Phi) is 11.9. The summed E-state index contributed by atoms with van der Waals surface area (Å²) >= 11 is 0. The molecule has 0 radical (unpaired) electrons. The van der Waals surface area contributed by atoms with E-state index in [9.17, 15) is 19.8 Å². The maximum absolute atomic E-state index is 14.0. The second kappa shape index (κ2) is 16.0. The molecule has 4 N–H and O–H groups in total. The second-order valence-corrected chi connectivity index (χ2v) is 19.2. The van der Waals surface area contributed by atoms with Crippen molar-refractivity contribution in [3.05, 3.63) is 0 Å². The number of aliphatic hydroxyl groups excluding tert-OH is 2. The number of hydrogen-bond donors (Lipinski definition) is 4. The van der Waals surface area contributed by atoms with E-state index in [1.165, 1.54) is 51.4 Å². The van der Waals surface area contributed by atoms with Gasteiger partial charge in [0.15, 0.2) is 5.79 Å². The first kappa shape index (κ1) is 38.8. The number of carbonyl (C=O) groups excluding carboxylic acids is 2. The molecule has 7 fully saturated rings. The molecule has 3 amide bonds. The molecule has 10 heteroatoms. The van der Waals surface area contributed by atoms with Gasteiger partial charge in [-0.3, -0.25) is 9.69 Å². The van der Waals surface area contributed by atoms with E-state index in [0.717, 1.165) is 69.3 Å². The van der Waals surface area contributed by atoms with Crippen LogP contribution in [0.3, 0.4) is 0 Å². The highest BCUT2D eigenvalue weighted by Crippen LogP contribution is 2.71. The van der Waals surface area contributed by atoms with Gasteiger partial charge in [0.1, 0.15) is 0 Å². The molecule has 2 heterocycles. The Bertz CT molecular complexity index is 1230. The third-order valence-electron chi connectivity index (χ3n) is 16.4. The van der Waals surface area contributed by atoms with Crippen LogP contribution < -0.4 is 10.6 Å². The van der Waals surface area contributed by atoms with Gasteiger partial charge in [-0.25, -0.2) is 4.79 Å². The van der Waals surface area contributed by atoms with Crippen molar-refractivity contribution in [1.29, 1.82) is 0 Å². The molecular weight excluding hydrogens is 656 g/mol. The minimum atomic E-state index is -0.344. The maximum Gasteiger partial charge on any atom is 0.317 e. The third kappa shape index (κ3) is 7.31. The molecule has 0 aromatic rings. The van der Waals surface area contributed by atoms with Crippen molar-refractivity contribution in [2.45, 2.75) is 148 Å². The molecule has 12 atom stereocenters. The van der Waals surface area contributed by atoms with Crippen LogP contribution in [0.2, 0.25) is 0 Å². The molecule has 0 bridgehead atoms. The van der Waals surface area contributed by atoms with Crippen LogP contribution in [-0.4, -0.2) is 108 Å². The van der Waals surface area contributed by atoms with E-state index in [1.54, 1.807) is 4.90 Å². The first-order valence-corrected chi connectivity index (χ1v) is 21.6. The third-order valence-corrected chi connectivity index (χ3v) is 16.4. The van der Waals surface area contributed by atoms with Gasteiger partial charge in [-0.15, -0.1) is 0 Å².